The molecular formula is C19H18O6. The maximum atomic E-state index is 12.9. The second-order valence-corrected chi connectivity index (χ2v) is 6.37. The Morgan fingerprint density at radius 2 is 1.76 bits per heavy atom. The van der Waals surface area contributed by atoms with Crippen LogP contribution in [0.5, 0.6) is 23.0 Å². The number of allylic oxidation sites excluding steroid dienone is 1. The van der Waals surface area contributed by atoms with Crippen molar-refractivity contribution in [3.63, 3.8) is 0 Å². The molecule has 0 unspecified atom stereocenters. The lowest BCUT2D eigenvalue weighted by atomic mass is 9.82. The van der Waals surface area contributed by atoms with E-state index in [9.17, 15) is 20.1 Å². The monoisotopic (exact) mass is 342 g/mol. The molecule has 1 heterocycles. The number of methoxy groups -OCH3 is 1. The zero-order valence-electron chi connectivity index (χ0n) is 14.1. The maximum Gasteiger partial charge on any atom is 0.204 e. The summed E-state index contributed by atoms with van der Waals surface area (Å²) in [6.07, 6.45) is 1.64. The molecule has 0 atom stereocenters. The smallest absolute Gasteiger partial charge is 0.204 e. The molecule has 3 N–H and O–H groups in total. The van der Waals surface area contributed by atoms with Crippen LogP contribution < -0.4 is 10.2 Å². The standard InChI is InChI=1S/C19H18O6/c1-5-19(2,3)16-14(24-4)8-13-15(18(16)23)17(22)9-6-10(20)11(21)7-12(9)25-13/h5-8,20-21,23H,1H2,2-4H3. The molecule has 0 bridgehead atoms. The zero-order chi connectivity index (χ0) is 18.5. The molecule has 0 aliphatic carbocycles. The van der Waals surface area contributed by atoms with Crippen LogP contribution in [0.25, 0.3) is 21.9 Å². The van der Waals surface area contributed by atoms with Crippen molar-refractivity contribution in [2.75, 3.05) is 7.11 Å². The highest BCUT2D eigenvalue weighted by Gasteiger charge is 2.29. The lowest BCUT2D eigenvalue weighted by Gasteiger charge is -2.24. The van der Waals surface area contributed by atoms with Crippen LogP contribution in [-0.2, 0) is 5.41 Å². The SMILES string of the molecule is C=CC(C)(C)c1c(OC)cc2oc3cc(O)c(O)cc3c(=O)c2c1O. The van der Waals surface area contributed by atoms with E-state index >= 15 is 0 Å². The van der Waals surface area contributed by atoms with Gasteiger partial charge in [0.1, 0.15) is 28.1 Å². The Morgan fingerprint density at radius 1 is 1.12 bits per heavy atom. The Hall–Kier alpha value is -3.15. The van der Waals surface area contributed by atoms with Crippen LogP contribution in [0, 0.1) is 0 Å². The summed E-state index contributed by atoms with van der Waals surface area (Å²) in [7, 11) is 1.45. The van der Waals surface area contributed by atoms with Crippen LogP contribution in [0.1, 0.15) is 19.4 Å². The van der Waals surface area contributed by atoms with Gasteiger partial charge in [-0.25, -0.2) is 0 Å². The van der Waals surface area contributed by atoms with Gasteiger partial charge in [-0.1, -0.05) is 19.9 Å². The Kier molecular flexibility index (Phi) is 3.64. The third kappa shape index (κ3) is 2.38. The summed E-state index contributed by atoms with van der Waals surface area (Å²) < 4.78 is 11.0. The van der Waals surface area contributed by atoms with E-state index in [0.29, 0.717) is 11.3 Å². The van der Waals surface area contributed by atoms with Gasteiger partial charge in [0.15, 0.2) is 11.5 Å². The van der Waals surface area contributed by atoms with E-state index in [1.165, 1.54) is 13.2 Å². The number of hydrogen-bond acceptors (Lipinski definition) is 6. The van der Waals surface area contributed by atoms with Crippen molar-refractivity contribution in [3.05, 3.63) is 46.6 Å². The molecule has 6 nitrogen and oxygen atoms in total. The van der Waals surface area contributed by atoms with Gasteiger partial charge in [-0.05, 0) is 6.07 Å². The van der Waals surface area contributed by atoms with Gasteiger partial charge in [-0.15, -0.1) is 6.58 Å². The van der Waals surface area contributed by atoms with E-state index in [1.54, 1.807) is 6.08 Å². The number of hydrogen-bond donors (Lipinski definition) is 3. The third-order valence-electron chi connectivity index (χ3n) is 4.37. The first-order valence-electron chi connectivity index (χ1n) is 7.57. The number of ether oxygens (including phenoxy) is 1. The number of rotatable bonds is 3. The van der Waals surface area contributed by atoms with Gasteiger partial charge in [0.05, 0.1) is 12.5 Å². The molecule has 0 aliphatic heterocycles. The van der Waals surface area contributed by atoms with Crippen molar-refractivity contribution < 1.29 is 24.5 Å². The fourth-order valence-electron chi connectivity index (χ4n) is 2.88. The highest BCUT2D eigenvalue weighted by Crippen LogP contribution is 2.44. The van der Waals surface area contributed by atoms with Gasteiger partial charge in [-0.3, -0.25) is 4.79 Å². The predicted molar refractivity (Wildman–Crippen MR) is 94.8 cm³/mol. The molecule has 0 fully saturated rings. The Labute approximate surface area is 143 Å². The second-order valence-electron chi connectivity index (χ2n) is 6.37. The number of aromatic hydroxyl groups is 3. The molecule has 0 amide bonds. The quantitative estimate of drug-likeness (QED) is 0.382. The average molecular weight is 342 g/mol. The molecule has 0 saturated heterocycles. The minimum absolute atomic E-state index is 0.0247. The summed E-state index contributed by atoms with van der Waals surface area (Å²) in [6, 6.07) is 3.77. The van der Waals surface area contributed by atoms with Crippen molar-refractivity contribution in [2.24, 2.45) is 0 Å². The summed E-state index contributed by atoms with van der Waals surface area (Å²) >= 11 is 0. The predicted octanol–water partition coefficient (Wildman–Crippen LogP) is 3.54. The summed E-state index contributed by atoms with van der Waals surface area (Å²) in [5.41, 5.74) is -0.576. The molecule has 3 rings (SSSR count). The van der Waals surface area contributed by atoms with E-state index in [0.717, 1.165) is 12.1 Å². The highest BCUT2D eigenvalue weighted by atomic mass is 16.5. The van der Waals surface area contributed by atoms with Gasteiger partial charge >= 0.3 is 0 Å². The molecule has 6 heteroatoms. The summed E-state index contributed by atoms with van der Waals surface area (Å²) in [4.78, 5) is 12.9. The van der Waals surface area contributed by atoms with Crippen LogP contribution in [0.4, 0.5) is 0 Å². The molecule has 130 valence electrons. The minimum atomic E-state index is -0.665. The van der Waals surface area contributed by atoms with E-state index < -0.39 is 22.3 Å². The summed E-state index contributed by atoms with van der Waals surface area (Å²) in [5, 5.41) is 30.1. The molecule has 0 saturated carbocycles. The van der Waals surface area contributed by atoms with Gasteiger partial charge < -0.3 is 24.5 Å². The molecule has 1 aromatic heterocycles. The molecule has 25 heavy (non-hydrogen) atoms. The first kappa shape index (κ1) is 16.7. The highest BCUT2D eigenvalue weighted by molar-refractivity contribution is 5.96. The number of fused-ring (bicyclic) bond motifs is 2. The van der Waals surface area contributed by atoms with Gasteiger partial charge in [0.2, 0.25) is 5.43 Å². The van der Waals surface area contributed by atoms with Crippen LogP contribution in [0.15, 0.2) is 40.1 Å². The third-order valence-corrected chi connectivity index (χ3v) is 4.37. The number of benzene rings is 2. The molecule has 0 radical (unpaired) electrons. The van der Waals surface area contributed by atoms with Crippen molar-refractivity contribution >= 4 is 21.9 Å². The minimum Gasteiger partial charge on any atom is -0.507 e. The molecule has 0 aliphatic rings. The lowest BCUT2D eigenvalue weighted by molar-refractivity contribution is 0.389. The largest absolute Gasteiger partial charge is 0.507 e. The van der Waals surface area contributed by atoms with Crippen LogP contribution in [0.3, 0.4) is 0 Å². The van der Waals surface area contributed by atoms with Gasteiger partial charge in [-0.2, -0.15) is 0 Å². The van der Waals surface area contributed by atoms with Crippen LogP contribution >= 0.6 is 0 Å². The number of phenolic OH excluding ortho intramolecular Hbond substituents is 3. The Bertz CT molecular complexity index is 1080. The molecular weight excluding hydrogens is 324 g/mol. The Morgan fingerprint density at radius 3 is 2.36 bits per heavy atom. The second kappa shape index (κ2) is 5.44. The first-order chi connectivity index (χ1) is 11.7. The fraction of sp³-hybridized carbons (Fsp3) is 0.211. The molecule has 0 spiro atoms. The molecule has 3 aromatic rings. The van der Waals surface area contributed by atoms with E-state index in [4.69, 9.17) is 9.15 Å². The lowest BCUT2D eigenvalue weighted by Crippen LogP contribution is -2.16. The van der Waals surface area contributed by atoms with Crippen molar-refractivity contribution in [3.8, 4) is 23.0 Å². The molecule has 2 aromatic carbocycles. The maximum absolute atomic E-state index is 12.9. The van der Waals surface area contributed by atoms with E-state index in [-0.39, 0.29) is 27.7 Å². The van der Waals surface area contributed by atoms with Crippen molar-refractivity contribution in [1.82, 2.24) is 0 Å². The van der Waals surface area contributed by atoms with Gasteiger partial charge in [0, 0.05) is 23.1 Å². The van der Waals surface area contributed by atoms with Crippen molar-refractivity contribution in [2.45, 2.75) is 19.3 Å². The normalized spacial score (nSPS) is 11.8. The van der Waals surface area contributed by atoms with Crippen LogP contribution in [0.2, 0.25) is 0 Å². The van der Waals surface area contributed by atoms with E-state index in [2.05, 4.69) is 6.58 Å². The first-order valence-corrected chi connectivity index (χ1v) is 7.57. The summed E-state index contributed by atoms with van der Waals surface area (Å²) in [6.45, 7) is 7.43. The van der Waals surface area contributed by atoms with Crippen LogP contribution in [-0.4, -0.2) is 22.4 Å². The summed E-state index contributed by atoms with van der Waals surface area (Å²) in [5.74, 6) is -0.766. The average Bonchev–Trinajstić information content (AvgIpc) is 2.56. The van der Waals surface area contributed by atoms with Gasteiger partial charge in [0.25, 0.3) is 0 Å². The van der Waals surface area contributed by atoms with E-state index in [1.807, 2.05) is 13.8 Å². The van der Waals surface area contributed by atoms with Crippen molar-refractivity contribution in [1.29, 1.82) is 0 Å². The fourth-order valence-corrected chi connectivity index (χ4v) is 2.88. The number of phenols is 3. The Balaban J connectivity index is 2.55. The topological polar surface area (TPSA) is 100 Å². The zero-order valence-corrected chi connectivity index (χ0v) is 14.1.